The first-order valence-corrected chi connectivity index (χ1v) is 10.3. The number of ether oxygens (including phenoxy) is 2. The number of likely N-dealkylation sites (tertiary alicyclic amines) is 1. The Hall–Kier alpha value is -2.32. The van der Waals surface area contributed by atoms with E-state index in [1.807, 2.05) is 26.2 Å². The third kappa shape index (κ3) is 5.19. The maximum atomic E-state index is 11.3. The van der Waals surface area contributed by atoms with E-state index in [1.54, 1.807) is 6.20 Å². The lowest BCUT2D eigenvalue weighted by Crippen LogP contribution is -2.42. The second kappa shape index (κ2) is 9.45. The van der Waals surface area contributed by atoms with Crippen LogP contribution in [-0.2, 0) is 12.1 Å². The van der Waals surface area contributed by atoms with Crippen LogP contribution in [-0.4, -0.2) is 56.2 Å². The molecule has 1 fully saturated rings. The summed E-state index contributed by atoms with van der Waals surface area (Å²) in [7, 11) is 0. The molecule has 0 bridgehead atoms. The molecule has 1 aliphatic heterocycles. The maximum Gasteiger partial charge on any atom is 0.319 e. The minimum atomic E-state index is -1.01. The molecule has 0 amide bonds. The first kappa shape index (κ1) is 21.4. The lowest BCUT2D eigenvalue weighted by molar-refractivity contribution is -0.0303. The van der Waals surface area contributed by atoms with E-state index in [2.05, 4.69) is 38.7 Å². The third-order valence-electron chi connectivity index (χ3n) is 5.12. The van der Waals surface area contributed by atoms with Gasteiger partial charge in [-0.3, -0.25) is 4.90 Å². The number of piperidine rings is 1. The van der Waals surface area contributed by atoms with Crippen LogP contribution in [0.5, 0.6) is 11.9 Å². The molecule has 1 N–H and O–H groups in total. The Bertz CT molecular complexity index is 789. The fourth-order valence-electron chi connectivity index (χ4n) is 3.47. The van der Waals surface area contributed by atoms with Gasteiger partial charge in [-0.2, -0.15) is 4.98 Å². The van der Waals surface area contributed by atoms with Crippen molar-refractivity contribution in [3.05, 3.63) is 35.5 Å². The normalized spacial score (nSPS) is 16.8. The lowest BCUT2D eigenvalue weighted by atomic mass is 9.85. The van der Waals surface area contributed by atoms with Crippen LogP contribution in [0, 0.1) is 0 Å². The van der Waals surface area contributed by atoms with Gasteiger partial charge in [0.15, 0.2) is 0 Å². The second-order valence-electron chi connectivity index (χ2n) is 7.65. The van der Waals surface area contributed by atoms with E-state index in [-0.39, 0.29) is 6.01 Å². The van der Waals surface area contributed by atoms with Crippen LogP contribution in [0.3, 0.4) is 0 Å². The smallest absolute Gasteiger partial charge is 0.319 e. The van der Waals surface area contributed by atoms with E-state index in [0.717, 1.165) is 31.0 Å². The van der Waals surface area contributed by atoms with Crippen LogP contribution in [0.1, 0.15) is 63.4 Å². The Kier molecular flexibility index (Phi) is 6.97. The molecule has 2 aromatic rings. The summed E-state index contributed by atoms with van der Waals surface area (Å²) in [5.74, 6) is 1.59. The van der Waals surface area contributed by atoms with Crippen molar-refractivity contribution < 1.29 is 14.6 Å². The molecule has 8 heteroatoms. The van der Waals surface area contributed by atoms with Crippen molar-refractivity contribution in [3.8, 4) is 11.9 Å². The fourth-order valence-corrected chi connectivity index (χ4v) is 3.47. The van der Waals surface area contributed by atoms with Crippen LogP contribution in [0.25, 0.3) is 0 Å². The predicted molar refractivity (Wildman–Crippen MR) is 109 cm³/mol. The van der Waals surface area contributed by atoms with Gasteiger partial charge >= 0.3 is 6.01 Å². The van der Waals surface area contributed by atoms with Gasteiger partial charge in [-0.1, -0.05) is 13.8 Å². The molecule has 2 aromatic heterocycles. The molecular formula is C21H31N5O3. The maximum absolute atomic E-state index is 11.3. The minimum Gasteiger partial charge on any atom is -0.478 e. The minimum absolute atomic E-state index is 0.269. The Morgan fingerprint density at radius 1 is 1.03 bits per heavy atom. The Morgan fingerprint density at radius 2 is 1.69 bits per heavy atom. The van der Waals surface area contributed by atoms with Crippen molar-refractivity contribution in [1.82, 2.24) is 24.8 Å². The molecule has 1 aliphatic rings. The number of hydrogen-bond donors (Lipinski definition) is 1. The average Bonchev–Trinajstić information content (AvgIpc) is 2.71. The van der Waals surface area contributed by atoms with E-state index in [0.29, 0.717) is 43.4 Å². The predicted octanol–water partition coefficient (Wildman–Crippen LogP) is 2.67. The van der Waals surface area contributed by atoms with Crippen molar-refractivity contribution in [2.24, 2.45) is 0 Å². The topological polar surface area (TPSA) is 93.5 Å². The second-order valence-corrected chi connectivity index (χ2v) is 7.65. The highest BCUT2D eigenvalue weighted by molar-refractivity contribution is 5.32. The van der Waals surface area contributed by atoms with Gasteiger partial charge in [0.2, 0.25) is 5.88 Å². The van der Waals surface area contributed by atoms with Crippen LogP contribution >= 0.6 is 0 Å². The molecule has 158 valence electrons. The molecule has 0 aliphatic carbocycles. The largest absolute Gasteiger partial charge is 0.478 e. The zero-order chi connectivity index (χ0) is 20.9. The first-order valence-electron chi connectivity index (χ1n) is 10.3. The van der Waals surface area contributed by atoms with Gasteiger partial charge < -0.3 is 14.6 Å². The molecule has 1 saturated heterocycles. The van der Waals surface area contributed by atoms with Gasteiger partial charge in [0.05, 0.1) is 24.4 Å². The van der Waals surface area contributed by atoms with E-state index >= 15 is 0 Å². The van der Waals surface area contributed by atoms with Crippen molar-refractivity contribution >= 4 is 0 Å². The third-order valence-corrected chi connectivity index (χ3v) is 5.12. The Labute approximate surface area is 172 Å². The quantitative estimate of drug-likeness (QED) is 0.722. The number of nitrogens with zero attached hydrogens (tertiary/aromatic N) is 5. The molecule has 0 saturated carbocycles. The van der Waals surface area contributed by atoms with E-state index in [4.69, 9.17) is 9.47 Å². The van der Waals surface area contributed by atoms with Gasteiger partial charge in [0.1, 0.15) is 5.82 Å². The zero-order valence-electron chi connectivity index (χ0n) is 17.8. The molecule has 29 heavy (non-hydrogen) atoms. The average molecular weight is 402 g/mol. The number of aliphatic hydroxyl groups is 1. The van der Waals surface area contributed by atoms with Crippen LogP contribution in [0.2, 0.25) is 0 Å². The summed E-state index contributed by atoms with van der Waals surface area (Å²) in [6.07, 6.45) is 6.59. The highest BCUT2D eigenvalue weighted by Crippen LogP contribution is 2.37. The molecule has 3 heterocycles. The molecule has 0 aromatic carbocycles. The van der Waals surface area contributed by atoms with Gasteiger partial charge in [0.25, 0.3) is 0 Å². The summed E-state index contributed by atoms with van der Waals surface area (Å²) in [5, 5.41) is 11.3. The van der Waals surface area contributed by atoms with Gasteiger partial charge in [0, 0.05) is 49.7 Å². The SMILES string of the molecule is CCOc1ncc(C2(O)CCN(Cc3cnc(C(C)C)nc3)CC2)c(OCC)n1. The summed E-state index contributed by atoms with van der Waals surface area (Å²) in [6, 6.07) is 0.269. The standard InChI is InChI=1S/C21H31N5O3/c1-5-28-19-17(13-24-20(25-19)29-6-2)21(27)7-9-26(10-8-21)14-16-11-22-18(15(3)4)23-12-16/h11-13,15,27H,5-10,14H2,1-4H3. The summed E-state index contributed by atoms with van der Waals surface area (Å²) < 4.78 is 11.0. The Balaban J connectivity index is 1.67. The molecule has 0 spiro atoms. The Morgan fingerprint density at radius 3 is 2.28 bits per heavy atom. The van der Waals surface area contributed by atoms with Gasteiger partial charge in [-0.05, 0) is 26.7 Å². The van der Waals surface area contributed by atoms with Gasteiger partial charge in [-0.15, -0.1) is 0 Å². The van der Waals surface area contributed by atoms with Crippen LogP contribution < -0.4 is 9.47 Å². The summed E-state index contributed by atoms with van der Waals surface area (Å²) >= 11 is 0. The zero-order valence-corrected chi connectivity index (χ0v) is 17.8. The highest BCUT2D eigenvalue weighted by Gasteiger charge is 2.37. The van der Waals surface area contributed by atoms with Gasteiger partial charge in [-0.25, -0.2) is 15.0 Å². The fraction of sp³-hybridized carbons (Fsp3) is 0.619. The van der Waals surface area contributed by atoms with Crippen LogP contribution in [0.4, 0.5) is 0 Å². The first-order chi connectivity index (χ1) is 13.9. The highest BCUT2D eigenvalue weighted by atomic mass is 16.5. The van der Waals surface area contributed by atoms with E-state index < -0.39 is 5.60 Å². The molecule has 0 atom stereocenters. The van der Waals surface area contributed by atoms with Crippen LogP contribution in [0.15, 0.2) is 18.6 Å². The van der Waals surface area contributed by atoms with E-state index in [9.17, 15) is 5.11 Å². The number of aromatic nitrogens is 4. The number of hydrogen-bond acceptors (Lipinski definition) is 8. The molecule has 3 rings (SSSR count). The summed E-state index contributed by atoms with van der Waals surface area (Å²) in [5.41, 5.74) is 0.704. The van der Waals surface area contributed by atoms with Crippen molar-refractivity contribution in [2.75, 3.05) is 26.3 Å². The van der Waals surface area contributed by atoms with Crippen molar-refractivity contribution in [2.45, 2.75) is 58.6 Å². The lowest BCUT2D eigenvalue weighted by Gasteiger charge is -2.38. The van der Waals surface area contributed by atoms with E-state index in [1.165, 1.54) is 0 Å². The molecule has 0 radical (unpaired) electrons. The number of rotatable bonds is 8. The van der Waals surface area contributed by atoms with Crippen molar-refractivity contribution in [3.63, 3.8) is 0 Å². The monoisotopic (exact) mass is 401 g/mol. The summed E-state index contributed by atoms with van der Waals surface area (Å²) in [6.45, 7) is 11.2. The molecular weight excluding hydrogens is 370 g/mol. The molecule has 0 unspecified atom stereocenters. The van der Waals surface area contributed by atoms with Crippen molar-refractivity contribution in [1.29, 1.82) is 0 Å². The summed E-state index contributed by atoms with van der Waals surface area (Å²) in [4.78, 5) is 19.8. The molecule has 8 nitrogen and oxygen atoms in total.